The van der Waals surface area contributed by atoms with Gasteiger partial charge in [0.1, 0.15) is 28.3 Å². The van der Waals surface area contributed by atoms with E-state index in [9.17, 15) is 19.2 Å². The average Bonchev–Trinajstić information content (AvgIpc) is 3.34. The summed E-state index contributed by atoms with van der Waals surface area (Å²) in [6, 6.07) is 12.3. The van der Waals surface area contributed by atoms with Crippen LogP contribution in [-0.2, 0) is 19.0 Å². The lowest BCUT2D eigenvalue weighted by molar-refractivity contribution is -0.116. The predicted octanol–water partition coefficient (Wildman–Crippen LogP) is 7.36. The number of carbonyl (C=O) groups excluding carboxylic acids is 4. The number of ether oxygens (including phenoxy) is 3. The van der Waals surface area contributed by atoms with Gasteiger partial charge < -0.3 is 24.8 Å². The van der Waals surface area contributed by atoms with Gasteiger partial charge in [-0.25, -0.2) is 28.9 Å². The van der Waals surface area contributed by atoms with E-state index in [-0.39, 0.29) is 18.9 Å². The van der Waals surface area contributed by atoms with Crippen LogP contribution in [0.1, 0.15) is 79.1 Å². The topological polar surface area (TPSA) is 151 Å². The number of carbonyl (C=O) groups is 4. The molecular formula is C36H43N5O7. The van der Waals surface area contributed by atoms with Crippen LogP contribution in [0.5, 0.6) is 0 Å². The van der Waals surface area contributed by atoms with Crippen molar-refractivity contribution in [3.8, 4) is 22.3 Å². The fourth-order valence-electron chi connectivity index (χ4n) is 4.50. The van der Waals surface area contributed by atoms with Crippen LogP contribution in [0, 0.1) is 0 Å². The summed E-state index contributed by atoms with van der Waals surface area (Å²) in [5, 5.41) is 5.95. The Morgan fingerprint density at radius 1 is 0.729 bits per heavy atom. The Kier molecular flexibility index (Phi) is 10.3. The van der Waals surface area contributed by atoms with Crippen LogP contribution in [-0.4, -0.2) is 61.9 Å². The summed E-state index contributed by atoms with van der Waals surface area (Å²) in [7, 11) is 0. The standard InChI is InChI=1S/C36H43N5O7/c1-34(2,3)46-31(43)23-12-10-22(11-13-23)27-21-41(33(45)48-36(7,8)9)30-26(27)18-25(20-39-30)24-14-15-28(38-19-24)40-29(42)16-17-37-32(44)47-35(4,5)6/h10-15,18-21H,16-17H2,1-9H3,(H,37,44)(H,38,40,42). The van der Waals surface area contributed by atoms with Crippen LogP contribution >= 0.6 is 0 Å². The second-order valence-corrected chi connectivity index (χ2v) is 14.2. The molecule has 12 heteroatoms. The number of nitrogens with zero attached hydrogens (tertiary/aromatic N) is 3. The lowest BCUT2D eigenvalue weighted by atomic mass is 10.0. The molecule has 2 amide bonds. The van der Waals surface area contributed by atoms with Crippen LogP contribution < -0.4 is 10.6 Å². The van der Waals surface area contributed by atoms with E-state index in [1.165, 1.54) is 4.57 Å². The Morgan fingerprint density at radius 2 is 1.33 bits per heavy atom. The fraction of sp³-hybridized carbons (Fsp3) is 0.389. The molecule has 0 spiro atoms. The third-order valence-corrected chi connectivity index (χ3v) is 6.45. The van der Waals surface area contributed by atoms with Crippen molar-refractivity contribution in [2.75, 3.05) is 11.9 Å². The van der Waals surface area contributed by atoms with Crippen molar-refractivity contribution < 1.29 is 33.4 Å². The van der Waals surface area contributed by atoms with Gasteiger partial charge in [-0.05, 0) is 98.2 Å². The number of hydrogen-bond acceptors (Lipinski definition) is 9. The molecule has 3 heterocycles. The zero-order valence-electron chi connectivity index (χ0n) is 28.9. The Labute approximate surface area is 280 Å². The number of anilines is 1. The average molecular weight is 658 g/mol. The lowest BCUT2D eigenvalue weighted by Crippen LogP contribution is -2.34. The van der Waals surface area contributed by atoms with Crippen LogP contribution in [0.4, 0.5) is 15.4 Å². The monoisotopic (exact) mass is 657 g/mol. The van der Waals surface area contributed by atoms with Gasteiger partial charge in [0.2, 0.25) is 5.91 Å². The molecule has 254 valence electrons. The van der Waals surface area contributed by atoms with Crippen LogP contribution in [0.15, 0.2) is 61.1 Å². The normalized spacial score (nSPS) is 11.9. The molecule has 0 saturated carbocycles. The van der Waals surface area contributed by atoms with Crippen molar-refractivity contribution in [1.29, 1.82) is 0 Å². The van der Waals surface area contributed by atoms with Crippen molar-refractivity contribution in [2.24, 2.45) is 0 Å². The highest BCUT2D eigenvalue weighted by Crippen LogP contribution is 2.34. The zero-order chi connectivity index (χ0) is 35.4. The third-order valence-electron chi connectivity index (χ3n) is 6.45. The third kappa shape index (κ3) is 9.87. The number of fused-ring (bicyclic) bond motifs is 1. The second kappa shape index (κ2) is 13.8. The predicted molar refractivity (Wildman–Crippen MR) is 183 cm³/mol. The molecule has 48 heavy (non-hydrogen) atoms. The van der Waals surface area contributed by atoms with E-state index in [0.717, 1.165) is 16.7 Å². The largest absolute Gasteiger partial charge is 0.456 e. The number of benzene rings is 1. The van der Waals surface area contributed by atoms with Gasteiger partial charge >= 0.3 is 18.2 Å². The Hall–Kier alpha value is -5.26. The molecule has 0 aliphatic heterocycles. The molecule has 0 fully saturated rings. The first-order valence-corrected chi connectivity index (χ1v) is 15.6. The fourth-order valence-corrected chi connectivity index (χ4v) is 4.50. The molecule has 2 N–H and O–H groups in total. The van der Waals surface area contributed by atoms with Gasteiger partial charge in [0.15, 0.2) is 0 Å². The number of alkyl carbamates (subject to hydrolysis) is 1. The molecule has 0 bridgehead atoms. The van der Waals surface area contributed by atoms with Crippen LogP contribution in [0.3, 0.4) is 0 Å². The molecule has 0 atom stereocenters. The Morgan fingerprint density at radius 3 is 1.92 bits per heavy atom. The minimum atomic E-state index is -0.722. The SMILES string of the molecule is CC(C)(C)OC(=O)NCCC(=O)Nc1ccc(-c2cnc3c(c2)c(-c2ccc(C(=O)OC(C)(C)C)cc2)cn3C(=O)OC(C)(C)C)cn1. The van der Waals surface area contributed by atoms with E-state index in [4.69, 9.17) is 14.2 Å². The molecule has 4 rings (SSSR count). The maximum absolute atomic E-state index is 13.2. The summed E-state index contributed by atoms with van der Waals surface area (Å²) in [6.07, 6.45) is 3.79. The lowest BCUT2D eigenvalue weighted by Gasteiger charge is -2.19. The number of hydrogen-bond donors (Lipinski definition) is 2. The first-order chi connectivity index (χ1) is 22.3. The summed E-state index contributed by atoms with van der Waals surface area (Å²) >= 11 is 0. The highest BCUT2D eigenvalue weighted by Gasteiger charge is 2.23. The molecule has 4 aromatic rings. The Bertz CT molecular complexity index is 1810. The van der Waals surface area contributed by atoms with Crippen molar-refractivity contribution in [3.63, 3.8) is 0 Å². The van der Waals surface area contributed by atoms with Gasteiger partial charge in [0.25, 0.3) is 0 Å². The van der Waals surface area contributed by atoms with Gasteiger partial charge in [0.05, 0.1) is 5.56 Å². The van der Waals surface area contributed by atoms with E-state index in [1.54, 1.807) is 96.5 Å². The number of pyridine rings is 2. The summed E-state index contributed by atoms with van der Waals surface area (Å²) in [5.74, 6) is -0.407. The molecule has 12 nitrogen and oxygen atoms in total. The minimum absolute atomic E-state index is 0.0411. The summed E-state index contributed by atoms with van der Waals surface area (Å²) in [4.78, 5) is 59.0. The second-order valence-electron chi connectivity index (χ2n) is 14.2. The number of aromatic nitrogens is 3. The van der Waals surface area contributed by atoms with Gasteiger partial charge in [-0.2, -0.15) is 0 Å². The molecule has 1 aromatic carbocycles. The number of nitrogens with one attached hydrogen (secondary N) is 2. The van der Waals surface area contributed by atoms with Crippen molar-refractivity contribution in [3.05, 3.63) is 66.6 Å². The van der Waals surface area contributed by atoms with Gasteiger partial charge in [-0.3, -0.25) is 4.79 Å². The van der Waals surface area contributed by atoms with Crippen molar-refractivity contribution in [2.45, 2.75) is 85.5 Å². The highest BCUT2D eigenvalue weighted by molar-refractivity contribution is 6.01. The molecule has 0 radical (unpaired) electrons. The van der Waals surface area contributed by atoms with Gasteiger partial charge in [-0.1, -0.05) is 12.1 Å². The number of amides is 2. The summed E-state index contributed by atoms with van der Waals surface area (Å²) in [6.45, 7) is 16.2. The first-order valence-electron chi connectivity index (χ1n) is 15.6. The molecule has 0 unspecified atom stereocenters. The Balaban J connectivity index is 1.58. The van der Waals surface area contributed by atoms with Crippen LogP contribution in [0.2, 0.25) is 0 Å². The van der Waals surface area contributed by atoms with E-state index < -0.39 is 35.0 Å². The van der Waals surface area contributed by atoms with E-state index in [2.05, 4.69) is 20.6 Å². The van der Waals surface area contributed by atoms with E-state index in [0.29, 0.717) is 28.0 Å². The molecule has 0 saturated heterocycles. The summed E-state index contributed by atoms with van der Waals surface area (Å²) in [5.41, 5.74) is 1.74. The molecule has 3 aromatic heterocycles. The summed E-state index contributed by atoms with van der Waals surface area (Å²) < 4.78 is 17.7. The first kappa shape index (κ1) is 35.6. The molecule has 0 aliphatic carbocycles. The zero-order valence-corrected chi connectivity index (χ0v) is 28.9. The smallest absolute Gasteiger partial charge is 0.420 e. The van der Waals surface area contributed by atoms with E-state index >= 15 is 0 Å². The molecule has 0 aliphatic rings. The van der Waals surface area contributed by atoms with Crippen molar-refractivity contribution >= 4 is 40.9 Å². The number of esters is 1. The maximum Gasteiger partial charge on any atom is 0.420 e. The highest BCUT2D eigenvalue weighted by atomic mass is 16.6. The van der Waals surface area contributed by atoms with Crippen molar-refractivity contribution in [1.82, 2.24) is 19.9 Å². The van der Waals surface area contributed by atoms with Crippen LogP contribution in [0.25, 0.3) is 33.3 Å². The quantitative estimate of drug-likeness (QED) is 0.153. The maximum atomic E-state index is 13.2. The number of rotatable bonds is 7. The minimum Gasteiger partial charge on any atom is -0.456 e. The molecular weight excluding hydrogens is 614 g/mol. The van der Waals surface area contributed by atoms with Gasteiger partial charge in [0, 0.05) is 53.6 Å². The van der Waals surface area contributed by atoms with E-state index in [1.807, 2.05) is 26.8 Å². The van der Waals surface area contributed by atoms with Gasteiger partial charge in [-0.15, -0.1) is 0 Å².